The first-order valence-electron chi connectivity index (χ1n) is 8.26. The summed E-state index contributed by atoms with van der Waals surface area (Å²) in [5.74, 6) is -0.0361. The van der Waals surface area contributed by atoms with E-state index in [1.165, 1.54) is 26.0 Å². The first kappa shape index (κ1) is 21.7. The lowest BCUT2D eigenvalue weighted by atomic mass is 10.1. The molecule has 0 aromatic heterocycles. The molecule has 0 atom stereocenters. The Balaban J connectivity index is 2.00. The number of rotatable bonds is 8. The normalized spacial score (nSPS) is 15.5. The Kier molecular flexibility index (Phi) is 8.12. The van der Waals surface area contributed by atoms with Crippen LogP contribution < -0.4 is 4.74 Å². The van der Waals surface area contributed by atoms with E-state index in [0.29, 0.717) is 32.4 Å². The zero-order valence-corrected chi connectivity index (χ0v) is 18.2. The van der Waals surface area contributed by atoms with E-state index in [1.807, 2.05) is 0 Å². The maximum atomic E-state index is 12.6. The van der Waals surface area contributed by atoms with Crippen LogP contribution in [0.5, 0.6) is 11.5 Å². The third kappa shape index (κ3) is 5.70. The molecule has 1 aromatic carbocycles. The number of carbonyl (C=O) groups excluding carboxylic acids is 2. The topological polar surface area (TPSA) is 76.1 Å². The van der Waals surface area contributed by atoms with Gasteiger partial charge in [0.25, 0.3) is 5.91 Å². The zero-order valence-electron chi connectivity index (χ0n) is 15.0. The largest absolute Gasteiger partial charge is 0.503 e. The van der Waals surface area contributed by atoms with Crippen molar-refractivity contribution in [3.05, 3.63) is 27.1 Å². The van der Waals surface area contributed by atoms with E-state index in [1.54, 1.807) is 23.1 Å². The summed E-state index contributed by atoms with van der Waals surface area (Å²) in [5, 5.41) is 9.89. The molecule has 0 aliphatic carbocycles. The average Bonchev–Trinajstić information content (AvgIpc) is 2.91. The molecule has 0 saturated carbocycles. The number of unbranched alkanes of at least 4 members (excludes halogenated alkanes) is 2. The summed E-state index contributed by atoms with van der Waals surface area (Å²) in [6.45, 7) is 0.520. The van der Waals surface area contributed by atoms with E-state index in [2.05, 4.69) is 20.7 Å². The summed E-state index contributed by atoms with van der Waals surface area (Å²) < 4.78 is 10.7. The van der Waals surface area contributed by atoms with Crippen molar-refractivity contribution in [2.75, 3.05) is 20.8 Å². The van der Waals surface area contributed by atoms with Gasteiger partial charge in [-0.05, 0) is 52.5 Å². The number of carbonyl (C=O) groups is 2. The minimum atomic E-state index is -0.223. The number of nitrogens with zero attached hydrogens (tertiary/aromatic N) is 1. The summed E-state index contributed by atoms with van der Waals surface area (Å²) in [6, 6.07) is 3.36. The molecule has 1 saturated heterocycles. The molecule has 0 radical (unpaired) electrons. The fourth-order valence-corrected chi connectivity index (χ4v) is 4.26. The minimum Gasteiger partial charge on any atom is -0.503 e. The number of aromatic hydroxyl groups is 1. The standard InChI is InChI=1S/C18H20BrNO5S2/c1-24-13-9-11(8-12(19)16(13)22)10-14-17(23)20(18(26)27-14)7-5-3-4-6-15(21)25-2/h8-10,22H,3-7H2,1-2H3/b14-10+. The van der Waals surface area contributed by atoms with Crippen LogP contribution in [0.15, 0.2) is 21.5 Å². The molecule has 146 valence electrons. The van der Waals surface area contributed by atoms with E-state index in [-0.39, 0.29) is 17.6 Å². The van der Waals surface area contributed by atoms with Crippen molar-refractivity contribution >= 4 is 62.2 Å². The number of phenolic OH excluding ortho intramolecular Hbond substituents is 1. The Bertz CT molecular complexity index is 781. The molecular formula is C18H20BrNO5S2. The highest BCUT2D eigenvalue weighted by atomic mass is 79.9. The molecular weight excluding hydrogens is 454 g/mol. The van der Waals surface area contributed by atoms with Gasteiger partial charge in [-0.2, -0.15) is 0 Å². The minimum absolute atomic E-state index is 0.00848. The highest BCUT2D eigenvalue weighted by Crippen LogP contribution is 2.38. The molecule has 1 N–H and O–H groups in total. The third-order valence-corrected chi connectivity index (χ3v) is 5.91. The molecule has 27 heavy (non-hydrogen) atoms. The number of esters is 1. The Morgan fingerprint density at radius 3 is 2.74 bits per heavy atom. The second kappa shape index (κ2) is 10.1. The predicted octanol–water partition coefficient (Wildman–Crippen LogP) is 4.10. The molecule has 1 aliphatic rings. The van der Waals surface area contributed by atoms with Crippen LogP contribution in [0.3, 0.4) is 0 Å². The monoisotopic (exact) mass is 473 g/mol. The number of halogens is 1. The average molecular weight is 474 g/mol. The molecule has 1 amide bonds. The van der Waals surface area contributed by atoms with Gasteiger partial charge in [0.1, 0.15) is 4.32 Å². The van der Waals surface area contributed by atoms with E-state index in [0.717, 1.165) is 24.8 Å². The molecule has 1 aliphatic heterocycles. The molecule has 0 spiro atoms. The predicted molar refractivity (Wildman–Crippen MR) is 113 cm³/mol. The summed E-state index contributed by atoms with van der Waals surface area (Å²) >= 11 is 9.84. The Hall–Kier alpha value is -1.58. The van der Waals surface area contributed by atoms with Gasteiger partial charge in [-0.25, -0.2) is 0 Å². The number of thioether (sulfide) groups is 1. The maximum absolute atomic E-state index is 12.6. The lowest BCUT2D eigenvalue weighted by Crippen LogP contribution is -2.29. The number of phenols is 1. The van der Waals surface area contributed by atoms with Crippen molar-refractivity contribution in [2.24, 2.45) is 0 Å². The Labute approximate surface area is 176 Å². The number of methoxy groups -OCH3 is 2. The van der Waals surface area contributed by atoms with Gasteiger partial charge in [-0.15, -0.1) is 0 Å². The Morgan fingerprint density at radius 1 is 1.33 bits per heavy atom. The highest BCUT2D eigenvalue weighted by Gasteiger charge is 2.31. The molecule has 2 rings (SSSR count). The first-order chi connectivity index (χ1) is 12.9. The van der Waals surface area contributed by atoms with Crippen LogP contribution in [-0.2, 0) is 14.3 Å². The van der Waals surface area contributed by atoms with Crippen molar-refractivity contribution in [1.29, 1.82) is 0 Å². The number of ether oxygens (including phenoxy) is 2. The SMILES string of the molecule is COC(=O)CCCCCN1C(=O)/C(=C\c2cc(Br)c(O)c(OC)c2)SC1=S. The van der Waals surface area contributed by atoms with Gasteiger partial charge in [0, 0.05) is 13.0 Å². The van der Waals surface area contributed by atoms with Crippen molar-refractivity contribution in [1.82, 2.24) is 4.90 Å². The molecule has 0 bridgehead atoms. The molecule has 0 unspecified atom stereocenters. The lowest BCUT2D eigenvalue weighted by Gasteiger charge is -2.13. The van der Waals surface area contributed by atoms with Crippen LogP contribution in [0, 0.1) is 0 Å². The number of amides is 1. The highest BCUT2D eigenvalue weighted by molar-refractivity contribution is 9.10. The van der Waals surface area contributed by atoms with Crippen LogP contribution in [0.1, 0.15) is 31.2 Å². The summed E-state index contributed by atoms with van der Waals surface area (Å²) in [5.41, 5.74) is 0.718. The smallest absolute Gasteiger partial charge is 0.305 e. The van der Waals surface area contributed by atoms with Crippen molar-refractivity contribution in [2.45, 2.75) is 25.7 Å². The van der Waals surface area contributed by atoms with Crippen LogP contribution in [0.4, 0.5) is 0 Å². The first-order valence-corrected chi connectivity index (χ1v) is 10.3. The number of thiocarbonyl (C=S) groups is 1. The van der Waals surface area contributed by atoms with Crippen LogP contribution in [-0.4, -0.2) is 47.0 Å². The summed E-state index contributed by atoms with van der Waals surface area (Å²) in [4.78, 5) is 25.8. The van der Waals surface area contributed by atoms with Crippen LogP contribution in [0.25, 0.3) is 6.08 Å². The number of hydrogen-bond donors (Lipinski definition) is 1. The molecule has 6 nitrogen and oxygen atoms in total. The third-order valence-electron chi connectivity index (χ3n) is 3.93. The molecule has 1 fully saturated rings. The fraction of sp³-hybridized carbons (Fsp3) is 0.389. The van der Waals surface area contributed by atoms with Crippen molar-refractivity contribution < 1.29 is 24.2 Å². The van der Waals surface area contributed by atoms with Crippen molar-refractivity contribution in [3.8, 4) is 11.5 Å². The Morgan fingerprint density at radius 2 is 2.07 bits per heavy atom. The van der Waals surface area contributed by atoms with Gasteiger partial charge >= 0.3 is 5.97 Å². The second-order valence-electron chi connectivity index (χ2n) is 5.77. The van der Waals surface area contributed by atoms with Gasteiger partial charge in [0.2, 0.25) is 0 Å². The van der Waals surface area contributed by atoms with Gasteiger partial charge in [0.15, 0.2) is 11.5 Å². The fourth-order valence-electron chi connectivity index (χ4n) is 2.49. The molecule has 9 heteroatoms. The van der Waals surface area contributed by atoms with Crippen LogP contribution >= 0.6 is 39.9 Å². The van der Waals surface area contributed by atoms with Gasteiger partial charge in [0.05, 0.1) is 23.6 Å². The van der Waals surface area contributed by atoms with E-state index in [9.17, 15) is 14.7 Å². The van der Waals surface area contributed by atoms with Crippen LogP contribution in [0.2, 0.25) is 0 Å². The van der Waals surface area contributed by atoms with E-state index in [4.69, 9.17) is 17.0 Å². The molecule has 1 aromatic rings. The summed E-state index contributed by atoms with van der Waals surface area (Å²) in [6.07, 6.45) is 4.40. The maximum Gasteiger partial charge on any atom is 0.305 e. The van der Waals surface area contributed by atoms with Gasteiger partial charge in [-0.3, -0.25) is 14.5 Å². The van der Waals surface area contributed by atoms with E-state index >= 15 is 0 Å². The molecule has 1 heterocycles. The lowest BCUT2D eigenvalue weighted by molar-refractivity contribution is -0.140. The zero-order chi connectivity index (χ0) is 20.0. The second-order valence-corrected chi connectivity index (χ2v) is 8.30. The number of hydrogen-bond acceptors (Lipinski definition) is 7. The van der Waals surface area contributed by atoms with E-state index < -0.39 is 0 Å². The quantitative estimate of drug-likeness (QED) is 0.263. The summed E-state index contributed by atoms with van der Waals surface area (Å²) in [7, 11) is 2.84. The van der Waals surface area contributed by atoms with Gasteiger partial charge in [-0.1, -0.05) is 30.4 Å². The van der Waals surface area contributed by atoms with Crippen molar-refractivity contribution in [3.63, 3.8) is 0 Å². The number of benzene rings is 1. The van der Waals surface area contributed by atoms with Gasteiger partial charge < -0.3 is 14.6 Å².